The Labute approximate surface area is 188 Å². The van der Waals surface area contributed by atoms with E-state index in [2.05, 4.69) is 23.3 Å². The number of benzene rings is 1. The Balaban J connectivity index is 1.37. The van der Waals surface area contributed by atoms with Crippen molar-refractivity contribution in [3.63, 3.8) is 0 Å². The number of piperidine rings is 1. The second-order valence-electron chi connectivity index (χ2n) is 8.95. The average Bonchev–Trinajstić information content (AvgIpc) is 2.75. The van der Waals surface area contributed by atoms with Crippen molar-refractivity contribution in [1.82, 2.24) is 10.2 Å². The van der Waals surface area contributed by atoms with E-state index in [4.69, 9.17) is 16.3 Å². The van der Waals surface area contributed by atoms with Crippen molar-refractivity contribution >= 4 is 41.7 Å². The third-order valence-electron chi connectivity index (χ3n) is 6.96. The molecule has 0 radical (unpaired) electrons. The quantitative estimate of drug-likeness (QED) is 0.601. The minimum absolute atomic E-state index is 0.000491. The Hall–Kier alpha value is -1.44. The number of thiol groups is 1. The summed E-state index contributed by atoms with van der Waals surface area (Å²) in [6, 6.07) is 7.79. The molecule has 2 N–H and O–H groups in total. The number of hydrogen-bond donors (Lipinski definition) is 3. The van der Waals surface area contributed by atoms with Crippen molar-refractivity contribution < 1.29 is 14.3 Å². The molecule has 0 atom stereocenters. The molecule has 2 heterocycles. The fourth-order valence-electron chi connectivity index (χ4n) is 5.18. The fraction of sp³-hybridized carbons (Fsp3) is 0.636. The summed E-state index contributed by atoms with van der Waals surface area (Å²) in [5, 5.41) is 7.23. The van der Waals surface area contributed by atoms with Crippen molar-refractivity contribution in [3.05, 3.63) is 29.3 Å². The van der Waals surface area contributed by atoms with Crippen molar-refractivity contribution in [3.8, 4) is 0 Å². The summed E-state index contributed by atoms with van der Waals surface area (Å²) in [6.45, 7) is 2.71. The summed E-state index contributed by atoms with van der Waals surface area (Å²) >= 11 is 10.0. The molecule has 0 bridgehead atoms. The van der Waals surface area contributed by atoms with Crippen molar-refractivity contribution in [2.24, 2.45) is 5.41 Å². The van der Waals surface area contributed by atoms with Gasteiger partial charge >= 0.3 is 0 Å². The second kappa shape index (κ2) is 8.97. The molecule has 30 heavy (non-hydrogen) atoms. The molecule has 2 saturated heterocycles. The van der Waals surface area contributed by atoms with Crippen LogP contribution in [0, 0.1) is 5.41 Å². The number of halogens is 1. The normalized spacial score (nSPS) is 22.9. The molecule has 0 unspecified atom stereocenters. The fourth-order valence-corrected chi connectivity index (χ4v) is 5.40. The number of carbonyl (C=O) groups excluding carboxylic acids is 2. The molecule has 1 spiro atoms. The smallest absolute Gasteiger partial charge is 0.248 e. The number of anilines is 1. The van der Waals surface area contributed by atoms with E-state index in [9.17, 15) is 9.59 Å². The van der Waals surface area contributed by atoms with Crippen molar-refractivity contribution in [2.75, 3.05) is 37.4 Å². The number of carbonyl (C=O) groups is 2. The Bertz CT molecular complexity index is 766. The Morgan fingerprint density at radius 1 is 1.10 bits per heavy atom. The summed E-state index contributed by atoms with van der Waals surface area (Å²) in [4.78, 5) is 27.2. The monoisotopic (exact) mass is 451 g/mol. The Kier molecular flexibility index (Phi) is 6.51. The molecule has 1 aromatic rings. The molecule has 1 aromatic carbocycles. The molecule has 0 aromatic heterocycles. The molecule has 2 amide bonds. The van der Waals surface area contributed by atoms with Crippen LogP contribution in [0.15, 0.2) is 24.3 Å². The standard InChI is InChI=1S/C22H30ClN3O3S/c23-16-1-3-17(4-2-16)25-22(7-11-29-12-8-22)20(28)26-9-5-21(6-10-26)13-18(14-21)24-19(27)15-30/h1-4,18,25,30H,5-15H2,(H,24,27). The predicted octanol–water partition coefficient (Wildman–Crippen LogP) is 3.12. The van der Waals surface area contributed by atoms with E-state index in [1.54, 1.807) is 0 Å². The summed E-state index contributed by atoms with van der Waals surface area (Å²) in [6.07, 6.45) is 5.34. The summed E-state index contributed by atoms with van der Waals surface area (Å²) < 4.78 is 5.56. The molecule has 3 aliphatic rings. The first kappa shape index (κ1) is 21.8. The van der Waals surface area contributed by atoms with E-state index in [1.165, 1.54) is 0 Å². The number of likely N-dealkylation sites (tertiary alicyclic amines) is 1. The summed E-state index contributed by atoms with van der Waals surface area (Å²) in [5.74, 6) is 0.411. The zero-order chi connectivity index (χ0) is 21.2. The zero-order valence-corrected chi connectivity index (χ0v) is 18.8. The van der Waals surface area contributed by atoms with Crippen LogP contribution in [-0.2, 0) is 14.3 Å². The Morgan fingerprint density at radius 3 is 2.33 bits per heavy atom. The van der Waals surface area contributed by atoms with Crippen LogP contribution in [0.2, 0.25) is 5.02 Å². The molecule has 8 heteroatoms. The number of amides is 2. The summed E-state index contributed by atoms with van der Waals surface area (Å²) in [7, 11) is 0. The van der Waals surface area contributed by atoms with Crippen LogP contribution >= 0.6 is 24.2 Å². The first-order chi connectivity index (χ1) is 14.4. The van der Waals surface area contributed by atoms with Crippen molar-refractivity contribution in [1.29, 1.82) is 0 Å². The zero-order valence-electron chi connectivity index (χ0n) is 17.2. The van der Waals surface area contributed by atoms with Gasteiger partial charge in [0.1, 0.15) is 5.54 Å². The molecular weight excluding hydrogens is 422 g/mol. The highest BCUT2D eigenvalue weighted by atomic mass is 35.5. The van der Waals surface area contributed by atoms with Gasteiger partial charge in [0.25, 0.3) is 0 Å². The second-order valence-corrected chi connectivity index (χ2v) is 9.70. The van der Waals surface area contributed by atoms with Gasteiger partial charge in [0.05, 0.1) is 5.75 Å². The van der Waals surface area contributed by atoms with Gasteiger partial charge in [-0.3, -0.25) is 9.59 Å². The lowest BCUT2D eigenvalue weighted by Gasteiger charge is -2.53. The van der Waals surface area contributed by atoms with E-state index in [0.717, 1.165) is 44.5 Å². The van der Waals surface area contributed by atoms with Crippen LogP contribution in [0.5, 0.6) is 0 Å². The van der Waals surface area contributed by atoms with E-state index in [0.29, 0.717) is 31.1 Å². The minimum Gasteiger partial charge on any atom is -0.381 e. The maximum Gasteiger partial charge on any atom is 0.248 e. The lowest BCUT2D eigenvalue weighted by atomic mass is 9.60. The van der Waals surface area contributed by atoms with Gasteiger partial charge in [-0.2, -0.15) is 12.6 Å². The predicted molar refractivity (Wildman–Crippen MR) is 121 cm³/mol. The first-order valence-corrected chi connectivity index (χ1v) is 11.8. The van der Waals surface area contributed by atoms with Crippen LogP contribution in [-0.4, -0.2) is 60.4 Å². The van der Waals surface area contributed by atoms with E-state index in [-0.39, 0.29) is 29.0 Å². The molecule has 3 fully saturated rings. The Morgan fingerprint density at radius 2 is 1.73 bits per heavy atom. The van der Waals surface area contributed by atoms with E-state index < -0.39 is 5.54 Å². The third kappa shape index (κ3) is 4.58. The molecule has 1 aliphatic carbocycles. The van der Waals surface area contributed by atoms with Gasteiger partial charge in [-0.25, -0.2) is 0 Å². The topological polar surface area (TPSA) is 70.7 Å². The summed E-state index contributed by atoms with van der Waals surface area (Å²) in [5.41, 5.74) is 0.557. The van der Waals surface area contributed by atoms with Gasteiger partial charge < -0.3 is 20.3 Å². The minimum atomic E-state index is -0.626. The highest BCUT2D eigenvalue weighted by Gasteiger charge is 2.49. The highest BCUT2D eigenvalue weighted by Crippen LogP contribution is 2.49. The number of ether oxygens (including phenoxy) is 1. The van der Waals surface area contributed by atoms with Gasteiger partial charge in [0.15, 0.2) is 0 Å². The third-order valence-corrected chi connectivity index (χ3v) is 7.50. The number of hydrogen-bond acceptors (Lipinski definition) is 5. The van der Waals surface area contributed by atoms with E-state index >= 15 is 0 Å². The van der Waals surface area contributed by atoms with Crippen LogP contribution in [0.4, 0.5) is 5.69 Å². The van der Waals surface area contributed by atoms with Crippen LogP contribution in [0.25, 0.3) is 0 Å². The largest absolute Gasteiger partial charge is 0.381 e. The van der Waals surface area contributed by atoms with Crippen LogP contribution < -0.4 is 10.6 Å². The first-order valence-electron chi connectivity index (χ1n) is 10.7. The van der Waals surface area contributed by atoms with Gasteiger partial charge in [0, 0.05) is 55.9 Å². The lowest BCUT2D eigenvalue weighted by Crippen LogP contribution is -2.61. The van der Waals surface area contributed by atoms with Crippen LogP contribution in [0.3, 0.4) is 0 Å². The van der Waals surface area contributed by atoms with Gasteiger partial charge in [-0.15, -0.1) is 0 Å². The maximum atomic E-state index is 13.6. The van der Waals surface area contributed by atoms with E-state index in [1.807, 2.05) is 29.2 Å². The molecular formula is C22H30ClN3O3S. The van der Waals surface area contributed by atoms with Crippen molar-refractivity contribution in [2.45, 2.75) is 50.1 Å². The molecule has 6 nitrogen and oxygen atoms in total. The number of nitrogens with zero attached hydrogens (tertiary/aromatic N) is 1. The average molecular weight is 452 g/mol. The molecule has 2 aliphatic heterocycles. The van der Waals surface area contributed by atoms with Gasteiger partial charge in [0.2, 0.25) is 11.8 Å². The van der Waals surface area contributed by atoms with Crippen LogP contribution in [0.1, 0.15) is 38.5 Å². The lowest BCUT2D eigenvalue weighted by molar-refractivity contribution is -0.143. The molecule has 1 saturated carbocycles. The molecule has 164 valence electrons. The molecule has 4 rings (SSSR count). The SMILES string of the molecule is O=C(CS)NC1CC2(CCN(C(=O)C3(Nc4ccc(Cl)cc4)CCOCC3)CC2)C1. The van der Waals surface area contributed by atoms with Gasteiger partial charge in [-0.1, -0.05) is 11.6 Å². The highest BCUT2D eigenvalue weighted by molar-refractivity contribution is 7.81. The van der Waals surface area contributed by atoms with Gasteiger partial charge in [-0.05, 0) is 55.4 Å². The number of rotatable bonds is 5. The maximum absolute atomic E-state index is 13.6. The number of nitrogens with one attached hydrogen (secondary N) is 2.